The smallest absolute Gasteiger partial charge is 0.251 e. The number of nitrogens with zero attached hydrogens (tertiary/aromatic N) is 1. The van der Waals surface area contributed by atoms with Crippen molar-refractivity contribution in [3.8, 4) is 0 Å². The third-order valence-electron chi connectivity index (χ3n) is 5.52. The molecular weight excluding hydrogens is 386 g/mol. The normalized spacial score (nSPS) is 18.2. The van der Waals surface area contributed by atoms with Gasteiger partial charge in [0.1, 0.15) is 6.04 Å². The lowest BCUT2D eigenvalue weighted by molar-refractivity contribution is -0.133. The summed E-state index contributed by atoms with van der Waals surface area (Å²) in [5.41, 5.74) is 1.56. The van der Waals surface area contributed by atoms with Gasteiger partial charge < -0.3 is 15.5 Å². The van der Waals surface area contributed by atoms with Crippen LogP contribution in [-0.4, -0.2) is 41.9 Å². The summed E-state index contributed by atoms with van der Waals surface area (Å²) in [6, 6.07) is 16.4. The van der Waals surface area contributed by atoms with Crippen LogP contribution in [0.3, 0.4) is 0 Å². The number of rotatable bonds is 7. The average molecular weight is 414 g/mol. The number of hydrogen-bond donors (Lipinski definition) is 2. The Morgan fingerprint density at radius 3 is 2.48 bits per heavy atom. The van der Waals surface area contributed by atoms with Crippen molar-refractivity contribution in [3.05, 3.63) is 65.2 Å². The highest BCUT2D eigenvalue weighted by Crippen LogP contribution is 2.19. The highest BCUT2D eigenvalue weighted by Gasteiger charge is 2.34. The van der Waals surface area contributed by atoms with Gasteiger partial charge in [0, 0.05) is 35.4 Å². The molecule has 154 valence electrons. The molecule has 0 radical (unpaired) electrons. The largest absolute Gasteiger partial charge is 0.380 e. The monoisotopic (exact) mass is 413 g/mol. The van der Waals surface area contributed by atoms with E-state index in [1.807, 2.05) is 49.1 Å². The highest BCUT2D eigenvalue weighted by molar-refractivity contribution is 6.30. The highest BCUT2D eigenvalue weighted by atomic mass is 35.5. The first kappa shape index (κ1) is 21.2. The van der Waals surface area contributed by atoms with E-state index in [0.717, 1.165) is 18.5 Å². The van der Waals surface area contributed by atoms with Crippen molar-refractivity contribution in [1.29, 1.82) is 0 Å². The molecule has 0 spiro atoms. The third-order valence-corrected chi connectivity index (χ3v) is 5.77. The molecule has 2 N–H and O–H groups in total. The molecule has 0 aliphatic carbocycles. The minimum atomic E-state index is -0.543. The molecule has 0 saturated carbocycles. The number of halogens is 1. The first-order valence-corrected chi connectivity index (χ1v) is 10.5. The van der Waals surface area contributed by atoms with Gasteiger partial charge >= 0.3 is 0 Å². The van der Waals surface area contributed by atoms with E-state index in [2.05, 4.69) is 10.6 Å². The Bertz CT molecular complexity index is 826. The summed E-state index contributed by atoms with van der Waals surface area (Å²) in [5.74, 6) is -0.225. The Labute approximate surface area is 177 Å². The summed E-state index contributed by atoms with van der Waals surface area (Å²) >= 11 is 5.90. The molecule has 1 heterocycles. The van der Waals surface area contributed by atoms with Gasteiger partial charge in [-0.3, -0.25) is 9.59 Å². The molecule has 3 unspecified atom stereocenters. The summed E-state index contributed by atoms with van der Waals surface area (Å²) < 4.78 is 0. The van der Waals surface area contributed by atoms with Crippen LogP contribution >= 0.6 is 11.6 Å². The van der Waals surface area contributed by atoms with Crippen molar-refractivity contribution < 1.29 is 9.59 Å². The van der Waals surface area contributed by atoms with E-state index < -0.39 is 6.04 Å². The second kappa shape index (κ2) is 9.79. The minimum absolute atomic E-state index is 0.0148. The van der Waals surface area contributed by atoms with E-state index in [4.69, 9.17) is 11.6 Å². The van der Waals surface area contributed by atoms with Crippen LogP contribution in [0, 0.1) is 5.92 Å². The number of likely N-dealkylation sites (tertiary alicyclic amines) is 1. The van der Waals surface area contributed by atoms with Gasteiger partial charge in [0.2, 0.25) is 5.91 Å². The maximum absolute atomic E-state index is 13.2. The summed E-state index contributed by atoms with van der Waals surface area (Å²) in [6.07, 6.45) is 1.69. The zero-order valence-electron chi connectivity index (χ0n) is 16.9. The summed E-state index contributed by atoms with van der Waals surface area (Å²) in [5, 5.41) is 7.01. The van der Waals surface area contributed by atoms with E-state index in [9.17, 15) is 9.59 Å². The fraction of sp³-hybridized carbons (Fsp3) is 0.391. The Morgan fingerprint density at radius 1 is 1.14 bits per heavy atom. The average Bonchev–Trinajstić information content (AvgIpc) is 3.20. The molecule has 6 heteroatoms. The van der Waals surface area contributed by atoms with Crippen LogP contribution in [-0.2, 0) is 4.79 Å². The number of carbonyl (C=O) groups is 2. The molecule has 1 saturated heterocycles. The molecule has 2 aromatic carbocycles. The molecule has 0 bridgehead atoms. The quantitative estimate of drug-likeness (QED) is 0.715. The van der Waals surface area contributed by atoms with Crippen molar-refractivity contribution in [2.45, 2.75) is 38.8 Å². The molecule has 0 aromatic heterocycles. The lowest BCUT2D eigenvalue weighted by Crippen LogP contribution is -2.51. The molecule has 2 amide bonds. The molecular formula is C23H28ClN3O2. The zero-order valence-corrected chi connectivity index (χ0v) is 17.7. The molecule has 5 nitrogen and oxygen atoms in total. The summed E-state index contributed by atoms with van der Waals surface area (Å²) in [6.45, 7) is 5.36. The van der Waals surface area contributed by atoms with Gasteiger partial charge in [-0.15, -0.1) is 0 Å². The van der Waals surface area contributed by atoms with Gasteiger partial charge in [-0.05, 0) is 48.7 Å². The third kappa shape index (κ3) is 5.51. The Kier molecular flexibility index (Phi) is 7.15. The van der Waals surface area contributed by atoms with Crippen LogP contribution in [0.5, 0.6) is 0 Å². The van der Waals surface area contributed by atoms with E-state index >= 15 is 0 Å². The summed E-state index contributed by atoms with van der Waals surface area (Å²) in [4.78, 5) is 27.8. The number of benzene rings is 2. The predicted octanol–water partition coefficient (Wildman–Crippen LogP) is 4.20. The molecule has 29 heavy (non-hydrogen) atoms. The van der Waals surface area contributed by atoms with Gasteiger partial charge in [0.15, 0.2) is 0 Å². The van der Waals surface area contributed by atoms with Crippen molar-refractivity contribution >= 4 is 29.1 Å². The maximum atomic E-state index is 13.2. The van der Waals surface area contributed by atoms with Gasteiger partial charge in [-0.25, -0.2) is 0 Å². The Hall–Kier alpha value is -2.53. The Morgan fingerprint density at radius 2 is 1.83 bits per heavy atom. The second-order valence-corrected chi connectivity index (χ2v) is 8.06. The van der Waals surface area contributed by atoms with Crippen LogP contribution in [0.2, 0.25) is 5.02 Å². The predicted molar refractivity (Wildman–Crippen MR) is 117 cm³/mol. The van der Waals surface area contributed by atoms with Crippen LogP contribution in [0.15, 0.2) is 54.6 Å². The number of carbonyl (C=O) groups excluding carboxylic acids is 2. The first-order chi connectivity index (χ1) is 14.0. The fourth-order valence-electron chi connectivity index (χ4n) is 3.55. The SMILES string of the molecule is CCC(C)C(NC(=O)c1ccc(Cl)cc1)C(=O)N1CCC(Nc2ccccc2)C1. The molecule has 1 fully saturated rings. The number of hydrogen-bond acceptors (Lipinski definition) is 3. The van der Waals surface area contributed by atoms with Crippen molar-refractivity contribution in [2.24, 2.45) is 5.92 Å². The van der Waals surface area contributed by atoms with E-state index in [1.165, 1.54) is 0 Å². The topological polar surface area (TPSA) is 61.4 Å². The van der Waals surface area contributed by atoms with Crippen LogP contribution in [0.25, 0.3) is 0 Å². The van der Waals surface area contributed by atoms with Crippen LogP contribution in [0.4, 0.5) is 5.69 Å². The van der Waals surface area contributed by atoms with E-state index in [0.29, 0.717) is 23.7 Å². The van der Waals surface area contributed by atoms with Crippen LogP contribution in [0.1, 0.15) is 37.0 Å². The number of para-hydroxylation sites is 1. The summed E-state index contributed by atoms with van der Waals surface area (Å²) in [7, 11) is 0. The maximum Gasteiger partial charge on any atom is 0.251 e. The lowest BCUT2D eigenvalue weighted by Gasteiger charge is -2.28. The molecule has 1 aliphatic heterocycles. The molecule has 2 aromatic rings. The van der Waals surface area contributed by atoms with Gasteiger partial charge in [-0.2, -0.15) is 0 Å². The Balaban J connectivity index is 1.64. The molecule has 1 aliphatic rings. The second-order valence-electron chi connectivity index (χ2n) is 7.62. The van der Waals surface area contributed by atoms with Crippen molar-refractivity contribution in [1.82, 2.24) is 10.2 Å². The number of amides is 2. The van der Waals surface area contributed by atoms with Gasteiger partial charge in [0.25, 0.3) is 5.91 Å². The van der Waals surface area contributed by atoms with Crippen LogP contribution < -0.4 is 10.6 Å². The fourth-order valence-corrected chi connectivity index (χ4v) is 3.68. The van der Waals surface area contributed by atoms with Crippen molar-refractivity contribution in [3.63, 3.8) is 0 Å². The standard InChI is InChI=1S/C23H28ClN3O2/c1-3-16(2)21(26-22(28)17-9-11-18(24)12-10-17)23(29)27-14-13-20(15-27)25-19-7-5-4-6-8-19/h4-12,16,20-21,25H,3,13-15H2,1-2H3,(H,26,28). The van der Waals surface area contributed by atoms with Gasteiger partial charge in [0.05, 0.1) is 0 Å². The van der Waals surface area contributed by atoms with Gasteiger partial charge in [-0.1, -0.05) is 50.1 Å². The minimum Gasteiger partial charge on any atom is -0.380 e. The number of nitrogens with one attached hydrogen (secondary N) is 2. The van der Waals surface area contributed by atoms with Crippen molar-refractivity contribution in [2.75, 3.05) is 18.4 Å². The molecule has 3 atom stereocenters. The first-order valence-electron chi connectivity index (χ1n) is 10.1. The van der Waals surface area contributed by atoms with E-state index in [-0.39, 0.29) is 23.8 Å². The molecule has 3 rings (SSSR count). The zero-order chi connectivity index (χ0) is 20.8. The number of anilines is 1. The van der Waals surface area contributed by atoms with E-state index in [1.54, 1.807) is 24.3 Å². The lowest BCUT2D eigenvalue weighted by atomic mass is 9.97.